The van der Waals surface area contributed by atoms with Crippen molar-refractivity contribution in [3.05, 3.63) is 24.3 Å². The van der Waals surface area contributed by atoms with Crippen LogP contribution in [0.15, 0.2) is 24.3 Å². The molecular formula is C59H84O18. The van der Waals surface area contributed by atoms with Gasteiger partial charge in [-0.15, -0.1) is 0 Å². The van der Waals surface area contributed by atoms with Gasteiger partial charge in [0, 0.05) is 63.7 Å². The summed E-state index contributed by atoms with van der Waals surface area (Å²) in [4.78, 5) is 14.6. The highest BCUT2D eigenvalue weighted by molar-refractivity contribution is 5.70. The number of aliphatic hydroxyl groups excluding tert-OH is 2. The molecule has 0 saturated carbocycles. The summed E-state index contributed by atoms with van der Waals surface area (Å²) in [5.74, 6) is -2.77. The second kappa shape index (κ2) is 18.9. The van der Waals surface area contributed by atoms with Gasteiger partial charge in [0.25, 0.3) is 0 Å². The van der Waals surface area contributed by atoms with Crippen molar-refractivity contribution in [2.24, 2.45) is 23.7 Å². The van der Waals surface area contributed by atoms with Gasteiger partial charge < -0.3 is 81.3 Å². The van der Waals surface area contributed by atoms with Gasteiger partial charge in [-0.25, -0.2) is 0 Å². The van der Waals surface area contributed by atoms with E-state index < -0.39 is 65.7 Å². The maximum Gasteiger partial charge on any atom is 0.308 e. The molecule has 31 atom stereocenters. The van der Waals surface area contributed by atoms with Gasteiger partial charge in [-0.3, -0.25) is 4.79 Å². The fourth-order valence-electron chi connectivity index (χ4n) is 18.2. The van der Waals surface area contributed by atoms with Gasteiger partial charge in [-0.2, -0.15) is 0 Å². The molecule has 18 nitrogen and oxygen atoms in total. The van der Waals surface area contributed by atoms with Crippen molar-refractivity contribution in [2.75, 3.05) is 6.61 Å². The molecule has 0 aliphatic carbocycles. The molecule has 16 heterocycles. The molecule has 428 valence electrons. The predicted molar refractivity (Wildman–Crippen MR) is 268 cm³/mol. The number of esters is 1. The molecule has 18 heteroatoms. The molecule has 31 unspecified atom stereocenters. The van der Waals surface area contributed by atoms with Crippen molar-refractivity contribution in [3.8, 4) is 0 Å². The first-order valence-corrected chi connectivity index (χ1v) is 30.1. The van der Waals surface area contributed by atoms with Gasteiger partial charge in [-0.1, -0.05) is 40.9 Å². The largest absolute Gasteiger partial charge is 0.459 e. The summed E-state index contributed by atoms with van der Waals surface area (Å²) in [5, 5.41) is 20.6. The van der Waals surface area contributed by atoms with Crippen LogP contribution in [0, 0.1) is 23.7 Å². The molecule has 3 spiro atoms. The Balaban J connectivity index is 0.671. The SMILES string of the molecule is C=C1CC2CCC34CC5(C)OC6C(O3)C3OC(CCC3OC6C5O4)CC(=O)OC3C(CC4OC(CCC1O2)CC(C)C4=C)OC1CC2OC4(CC2OC1C3C)CC1OC2(CC(C)C3OC(CO)C(O)CC3O2)CC(C)C1O4. The summed E-state index contributed by atoms with van der Waals surface area (Å²) in [7, 11) is 0. The summed E-state index contributed by atoms with van der Waals surface area (Å²) in [6.07, 6.45) is 2.99. The Hall–Kier alpha value is -1.69. The minimum atomic E-state index is -0.913. The quantitative estimate of drug-likeness (QED) is 0.244. The second-order valence-corrected chi connectivity index (χ2v) is 27.3. The highest BCUT2D eigenvalue weighted by Gasteiger charge is 2.73. The van der Waals surface area contributed by atoms with Gasteiger partial charge in [0.1, 0.15) is 48.3 Å². The Morgan fingerprint density at radius 2 is 1.23 bits per heavy atom. The molecule has 77 heavy (non-hydrogen) atoms. The molecule has 0 aromatic carbocycles. The molecule has 16 saturated heterocycles. The van der Waals surface area contributed by atoms with E-state index in [1.807, 2.05) is 0 Å². The second-order valence-electron chi connectivity index (χ2n) is 27.3. The van der Waals surface area contributed by atoms with Gasteiger partial charge in [0.2, 0.25) is 0 Å². The molecule has 16 fully saturated rings. The first-order valence-electron chi connectivity index (χ1n) is 30.1. The molecule has 0 aromatic heterocycles. The van der Waals surface area contributed by atoms with Crippen molar-refractivity contribution in [1.29, 1.82) is 0 Å². The molecule has 16 aliphatic rings. The standard InChI is InChI=1S/C59H84O18/c1-26-14-32-8-10-36-27(2)15-34(63-36)12-13-57-25-56(7)55(77-57)54-53(74-56)52(76-57)51-37(67-54)11-9-33(65-51)16-46(62)70-50-31(6)49-41(66-40(50)18-38(64-32)30(26)5)19-39-43(68-49)22-59(71-39)23-44-48(75-59)29(4)21-58(73-44)20-28(3)47-42(72-58)17-35(61)45(24-60)69-47/h26,28-29,31-45,47-55,60-61H,2,5,8-25H2,1,3-4,6-7H3. The van der Waals surface area contributed by atoms with Crippen molar-refractivity contribution in [3.63, 3.8) is 0 Å². The van der Waals surface area contributed by atoms with Crippen molar-refractivity contribution in [1.82, 2.24) is 0 Å². The molecule has 12 bridgehead atoms. The van der Waals surface area contributed by atoms with Gasteiger partial charge >= 0.3 is 5.97 Å². The average molecular weight is 1080 g/mol. The van der Waals surface area contributed by atoms with E-state index in [0.717, 1.165) is 49.7 Å². The molecule has 16 aliphatic heterocycles. The Bertz CT molecular complexity index is 2320. The van der Waals surface area contributed by atoms with Crippen LogP contribution in [-0.4, -0.2) is 186 Å². The van der Waals surface area contributed by atoms with E-state index in [1.165, 1.54) is 0 Å². The third-order valence-corrected chi connectivity index (χ3v) is 21.8. The average Bonchev–Trinajstić information content (AvgIpc) is 4.34. The van der Waals surface area contributed by atoms with Crippen LogP contribution in [0.4, 0.5) is 0 Å². The number of ether oxygens (including phenoxy) is 15. The summed E-state index contributed by atoms with van der Waals surface area (Å²) in [5.41, 5.74) is 1.61. The van der Waals surface area contributed by atoms with Crippen molar-refractivity contribution >= 4 is 5.97 Å². The maximum absolute atomic E-state index is 14.6. The van der Waals surface area contributed by atoms with Crippen LogP contribution in [0.25, 0.3) is 0 Å². The fourth-order valence-corrected chi connectivity index (χ4v) is 18.2. The number of aliphatic hydroxyl groups is 2. The lowest BCUT2D eigenvalue weighted by atomic mass is 9.78. The van der Waals surface area contributed by atoms with E-state index in [-0.39, 0.29) is 140 Å². The van der Waals surface area contributed by atoms with E-state index in [9.17, 15) is 15.0 Å². The third kappa shape index (κ3) is 8.70. The first-order chi connectivity index (χ1) is 36.9. The van der Waals surface area contributed by atoms with Crippen LogP contribution in [0.3, 0.4) is 0 Å². The van der Waals surface area contributed by atoms with E-state index >= 15 is 0 Å². The van der Waals surface area contributed by atoms with Crippen molar-refractivity contribution < 1.29 is 86.1 Å². The van der Waals surface area contributed by atoms with Crippen LogP contribution in [0.1, 0.15) is 144 Å². The smallest absolute Gasteiger partial charge is 0.308 e. The van der Waals surface area contributed by atoms with Gasteiger partial charge in [0.05, 0.1) is 111 Å². The number of carbonyl (C=O) groups excluding carboxylic acids is 1. The topological polar surface area (TPSA) is 196 Å². The number of rotatable bonds is 1. The molecule has 0 aromatic rings. The number of carbonyl (C=O) groups is 1. The Morgan fingerprint density at radius 1 is 0.532 bits per heavy atom. The zero-order valence-electron chi connectivity index (χ0n) is 45.7. The molecule has 0 amide bonds. The monoisotopic (exact) mass is 1080 g/mol. The van der Waals surface area contributed by atoms with Crippen LogP contribution in [0.5, 0.6) is 0 Å². The summed E-state index contributed by atoms with van der Waals surface area (Å²) >= 11 is 0. The summed E-state index contributed by atoms with van der Waals surface area (Å²) in [6.45, 7) is 19.7. The third-order valence-electron chi connectivity index (χ3n) is 21.8. The lowest BCUT2D eigenvalue weighted by Crippen LogP contribution is -2.62. The van der Waals surface area contributed by atoms with Crippen molar-refractivity contribution in [2.45, 2.75) is 307 Å². The molecule has 0 radical (unpaired) electrons. The van der Waals surface area contributed by atoms with Crippen LogP contribution in [0.2, 0.25) is 0 Å². The van der Waals surface area contributed by atoms with Crippen LogP contribution >= 0.6 is 0 Å². The lowest BCUT2D eigenvalue weighted by Gasteiger charge is -2.54. The Kier molecular flexibility index (Phi) is 12.8. The molecular weight excluding hydrogens is 997 g/mol. The van der Waals surface area contributed by atoms with Crippen LogP contribution < -0.4 is 0 Å². The molecule has 16 rings (SSSR count). The number of hydrogen-bond acceptors (Lipinski definition) is 18. The normalized spacial score (nSPS) is 59.6. The van der Waals surface area contributed by atoms with Crippen LogP contribution in [-0.2, 0) is 75.8 Å². The number of hydrogen-bond donors (Lipinski definition) is 2. The predicted octanol–water partition coefficient (Wildman–Crippen LogP) is 5.56. The minimum absolute atomic E-state index is 0.00775. The summed E-state index contributed by atoms with van der Waals surface area (Å²) < 4.78 is 104. The zero-order chi connectivity index (χ0) is 52.7. The highest BCUT2D eigenvalue weighted by Crippen LogP contribution is 2.60. The lowest BCUT2D eigenvalue weighted by molar-refractivity contribution is -0.371. The van der Waals surface area contributed by atoms with E-state index in [0.29, 0.717) is 64.2 Å². The Labute approximate surface area is 452 Å². The fraction of sp³-hybridized carbons (Fsp3) is 0.915. The molecule has 2 N–H and O–H groups in total. The summed E-state index contributed by atoms with van der Waals surface area (Å²) in [6, 6.07) is 0. The highest BCUT2D eigenvalue weighted by atomic mass is 16.8. The van der Waals surface area contributed by atoms with Gasteiger partial charge in [-0.05, 0) is 80.8 Å². The van der Waals surface area contributed by atoms with E-state index in [1.54, 1.807) is 0 Å². The number of fused-ring (bicyclic) bond motifs is 10. The Morgan fingerprint density at radius 3 is 2.08 bits per heavy atom. The van der Waals surface area contributed by atoms with E-state index in [4.69, 9.17) is 71.1 Å². The minimum Gasteiger partial charge on any atom is -0.459 e. The van der Waals surface area contributed by atoms with E-state index in [2.05, 4.69) is 47.8 Å². The maximum atomic E-state index is 14.6. The van der Waals surface area contributed by atoms with Gasteiger partial charge in [0.15, 0.2) is 17.4 Å². The zero-order valence-corrected chi connectivity index (χ0v) is 45.7. The first kappa shape index (κ1) is 52.1.